The molecule has 3 nitrogen and oxygen atoms in total. The fourth-order valence-corrected chi connectivity index (χ4v) is 4.68. The van der Waals surface area contributed by atoms with E-state index in [1.807, 2.05) is 25.1 Å². The van der Waals surface area contributed by atoms with E-state index in [1.165, 1.54) is 35.2 Å². The molecule has 0 amide bonds. The number of benzene rings is 2. The molecule has 0 aliphatic rings. The number of halogens is 1. The van der Waals surface area contributed by atoms with Crippen molar-refractivity contribution in [2.45, 2.75) is 16.5 Å². The molecule has 0 bridgehead atoms. The van der Waals surface area contributed by atoms with Crippen molar-refractivity contribution in [2.24, 2.45) is 0 Å². The second-order valence-corrected chi connectivity index (χ2v) is 8.22. The highest BCUT2D eigenvalue weighted by atomic mass is 32.2. The highest BCUT2D eigenvalue weighted by molar-refractivity contribution is 8.02. The quantitative estimate of drug-likeness (QED) is 0.350. The van der Waals surface area contributed by atoms with Gasteiger partial charge in [0.1, 0.15) is 5.82 Å². The third kappa shape index (κ3) is 3.80. The van der Waals surface area contributed by atoms with Crippen molar-refractivity contribution in [3.8, 4) is 5.69 Å². The van der Waals surface area contributed by atoms with Crippen LogP contribution < -0.4 is 0 Å². The average Bonchev–Trinajstić information content (AvgIpc) is 2.96. The number of Topliss-reactive ketones (excluding diaryl/α,β-unsaturated/α-hetero) is 1. The van der Waals surface area contributed by atoms with Crippen LogP contribution in [0.25, 0.3) is 5.69 Å². The summed E-state index contributed by atoms with van der Waals surface area (Å²) in [5, 5.41) is 4.18. The van der Waals surface area contributed by atoms with Crippen molar-refractivity contribution in [3.63, 3.8) is 0 Å². The molecule has 1 aromatic heterocycles. The van der Waals surface area contributed by atoms with Crippen molar-refractivity contribution < 1.29 is 9.18 Å². The highest BCUT2D eigenvalue weighted by Gasteiger charge is 2.18. The van der Waals surface area contributed by atoms with Gasteiger partial charge in [-0.25, -0.2) is 9.07 Å². The fraction of sp³-hybridized carbons (Fsp3) is 0.118. The Labute approximate surface area is 152 Å². The van der Waals surface area contributed by atoms with Crippen LogP contribution in [0.1, 0.15) is 17.3 Å². The second kappa shape index (κ2) is 7.38. The van der Waals surface area contributed by atoms with Gasteiger partial charge in [0.2, 0.25) is 0 Å². The lowest BCUT2D eigenvalue weighted by atomic mass is 10.1. The number of hydrogen-bond donors (Lipinski definition) is 0. The number of nitrogens with zero attached hydrogens (tertiary/aromatic N) is 2. The molecule has 0 radical (unpaired) electrons. The Balaban J connectivity index is 1.79. The van der Waals surface area contributed by atoms with Crippen molar-refractivity contribution in [2.75, 3.05) is 0 Å². The zero-order chi connectivity index (χ0) is 17.1. The molecular formula is C17H13FN2OS3. The third-order valence-corrected chi connectivity index (χ3v) is 5.72. The zero-order valence-corrected chi connectivity index (χ0v) is 15.1. The van der Waals surface area contributed by atoms with Gasteiger partial charge in [-0.3, -0.25) is 4.79 Å². The van der Waals surface area contributed by atoms with Crippen LogP contribution >= 0.6 is 35.3 Å². The maximum absolute atomic E-state index is 13.0. The molecule has 24 heavy (non-hydrogen) atoms. The Morgan fingerprint density at radius 1 is 1.21 bits per heavy atom. The van der Waals surface area contributed by atoms with Gasteiger partial charge in [0.05, 0.1) is 10.9 Å². The monoisotopic (exact) mass is 376 g/mol. The average molecular weight is 377 g/mol. The van der Waals surface area contributed by atoms with Gasteiger partial charge >= 0.3 is 0 Å². The maximum Gasteiger partial charge on any atom is 0.184 e. The molecule has 0 spiro atoms. The topological polar surface area (TPSA) is 34.9 Å². The first-order valence-corrected chi connectivity index (χ1v) is 9.27. The lowest BCUT2D eigenvalue weighted by Gasteiger charge is -2.07. The largest absolute Gasteiger partial charge is 0.293 e. The van der Waals surface area contributed by atoms with Crippen molar-refractivity contribution in [1.29, 1.82) is 0 Å². The van der Waals surface area contributed by atoms with Crippen LogP contribution in [0.3, 0.4) is 0 Å². The lowest BCUT2D eigenvalue weighted by Crippen LogP contribution is -2.13. The van der Waals surface area contributed by atoms with E-state index < -0.39 is 0 Å². The van der Waals surface area contributed by atoms with Crippen LogP contribution in [-0.2, 0) is 0 Å². The van der Waals surface area contributed by atoms with Gasteiger partial charge in [0.25, 0.3) is 0 Å². The van der Waals surface area contributed by atoms with Gasteiger partial charge < -0.3 is 0 Å². The van der Waals surface area contributed by atoms with Gasteiger partial charge in [0, 0.05) is 5.56 Å². The van der Waals surface area contributed by atoms with E-state index >= 15 is 0 Å². The van der Waals surface area contributed by atoms with Crippen LogP contribution in [-0.4, -0.2) is 20.8 Å². The molecule has 7 heteroatoms. The molecule has 0 N–H and O–H groups in total. The van der Waals surface area contributed by atoms with Gasteiger partial charge in [-0.2, -0.15) is 0 Å². The van der Waals surface area contributed by atoms with E-state index in [0.29, 0.717) is 19.5 Å². The summed E-state index contributed by atoms with van der Waals surface area (Å²) >= 11 is 8.04. The molecule has 0 aliphatic heterocycles. The van der Waals surface area contributed by atoms with Crippen molar-refractivity contribution in [3.05, 3.63) is 69.9 Å². The van der Waals surface area contributed by atoms with Crippen LogP contribution in [0, 0.1) is 9.77 Å². The minimum atomic E-state index is -0.308. The lowest BCUT2D eigenvalue weighted by molar-refractivity contribution is 0.0994. The summed E-state index contributed by atoms with van der Waals surface area (Å²) in [4.78, 5) is 12.4. The summed E-state index contributed by atoms with van der Waals surface area (Å²) in [6.45, 7) is 1.85. The number of hydrogen-bond acceptors (Lipinski definition) is 5. The first-order valence-electron chi connectivity index (χ1n) is 7.16. The summed E-state index contributed by atoms with van der Waals surface area (Å²) in [7, 11) is 0. The summed E-state index contributed by atoms with van der Waals surface area (Å²) in [6.07, 6.45) is 0. The van der Waals surface area contributed by atoms with E-state index in [1.54, 1.807) is 28.9 Å². The number of rotatable bonds is 5. The number of carbonyl (C=O) groups excluding carboxylic acids is 1. The molecule has 0 saturated carbocycles. The fourth-order valence-electron chi connectivity index (χ4n) is 2.10. The van der Waals surface area contributed by atoms with E-state index in [2.05, 4.69) is 5.10 Å². The van der Waals surface area contributed by atoms with E-state index in [9.17, 15) is 9.18 Å². The van der Waals surface area contributed by atoms with Gasteiger partial charge in [-0.1, -0.05) is 53.4 Å². The van der Waals surface area contributed by atoms with Crippen LogP contribution in [0.4, 0.5) is 4.39 Å². The highest BCUT2D eigenvalue weighted by Crippen LogP contribution is 2.29. The van der Waals surface area contributed by atoms with Crippen molar-refractivity contribution in [1.82, 2.24) is 9.78 Å². The number of aromatic nitrogens is 2. The summed E-state index contributed by atoms with van der Waals surface area (Å²) in [5.41, 5.74) is 1.38. The Bertz CT molecular complexity index is 904. The normalized spacial score (nSPS) is 12.1. The van der Waals surface area contributed by atoms with E-state index in [0.717, 1.165) is 0 Å². The second-order valence-electron chi connectivity index (χ2n) is 5.01. The molecule has 3 aromatic rings. The van der Waals surface area contributed by atoms with Crippen molar-refractivity contribution >= 4 is 41.1 Å². The number of thioether (sulfide) groups is 1. The van der Waals surface area contributed by atoms with Crippen LogP contribution in [0.15, 0.2) is 58.9 Å². The zero-order valence-electron chi connectivity index (χ0n) is 12.7. The first-order chi connectivity index (χ1) is 11.5. The Hall–Kier alpha value is -1.83. The van der Waals surface area contributed by atoms with Gasteiger partial charge in [-0.15, -0.1) is 5.10 Å². The van der Waals surface area contributed by atoms with Gasteiger partial charge in [-0.05, 0) is 43.4 Å². The Morgan fingerprint density at radius 2 is 1.88 bits per heavy atom. The summed E-state index contributed by atoms with van der Waals surface area (Å²) < 4.78 is 15.9. The molecule has 122 valence electrons. The van der Waals surface area contributed by atoms with Crippen LogP contribution in [0.2, 0.25) is 0 Å². The molecule has 0 saturated heterocycles. The molecule has 1 heterocycles. The summed E-state index contributed by atoms with van der Waals surface area (Å²) in [5.74, 6) is -0.257. The molecule has 2 aromatic carbocycles. The predicted octanol–water partition coefficient (Wildman–Crippen LogP) is 5.17. The SMILES string of the molecule is C[C@H](Sc1nn(-c2ccc(F)cc2)c(=S)s1)C(=O)c1ccccc1. The number of carbonyl (C=O) groups is 1. The van der Waals surface area contributed by atoms with E-state index in [4.69, 9.17) is 12.2 Å². The summed E-state index contributed by atoms with van der Waals surface area (Å²) in [6, 6.07) is 15.2. The number of ketones is 1. The first kappa shape index (κ1) is 17.0. The maximum atomic E-state index is 13.0. The minimum absolute atomic E-state index is 0.0510. The molecule has 3 rings (SSSR count). The standard InChI is InChI=1S/C17H13FN2OS3/c1-11(15(21)12-5-3-2-4-6-12)23-16-19-20(17(22)24-16)14-9-7-13(18)8-10-14/h2-11H,1H3/t11-/m0/s1. The molecule has 1 atom stereocenters. The smallest absolute Gasteiger partial charge is 0.184 e. The molecule has 0 unspecified atom stereocenters. The van der Waals surface area contributed by atoms with E-state index in [-0.39, 0.29) is 16.9 Å². The predicted molar refractivity (Wildman–Crippen MR) is 98.3 cm³/mol. The minimum Gasteiger partial charge on any atom is -0.293 e. The van der Waals surface area contributed by atoms with Crippen LogP contribution in [0.5, 0.6) is 0 Å². The molecular weight excluding hydrogens is 363 g/mol. The third-order valence-electron chi connectivity index (χ3n) is 3.31. The Kier molecular flexibility index (Phi) is 5.23. The van der Waals surface area contributed by atoms with Gasteiger partial charge in [0.15, 0.2) is 14.1 Å². The Morgan fingerprint density at radius 3 is 2.54 bits per heavy atom. The molecule has 0 fully saturated rings. The molecule has 0 aliphatic carbocycles.